The van der Waals surface area contributed by atoms with Crippen LogP contribution in [0, 0.1) is 19.8 Å². The predicted octanol–water partition coefficient (Wildman–Crippen LogP) is 3.63. The maximum Gasteiger partial charge on any atom is 0.256 e. The summed E-state index contributed by atoms with van der Waals surface area (Å²) in [6.07, 6.45) is 3.81. The molecule has 2 aromatic heterocycles. The fourth-order valence-electron chi connectivity index (χ4n) is 4.32. The molecule has 6 heteroatoms. The highest BCUT2D eigenvalue weighted by Gasteiger charge is 2.32. The minimum Gasteiger partial charge on any atom is -0.342 e. The zero-order valence-electron chi connectivity index (χ0n) is 16.1. The van der Waals surface area contributed by atoms with Gasteiger partial charge in [0.15, 0.2) is 0 Å². The molecule has 2 amide bonds. The van der Waals surface area contributed by atoms with Gasteiger partial charge in [0.25, 0.3) is 5.91 Å². The van der Waals surface area contributed by atoms with E-state index in [1.54, 1.807) is 11.3 Å². The molecule has 0 aromatic carbocycles. The summed E-state index contributed by atoms with van der Waals surface area (Å²) in [5.74, 6) is 0.475. The number of nitrogens with zero attached hydrogens (tertiary/aromatic N) is 3. The molecule has 0 N–H and O–H groups in total. The largest absolute Gasteiger partial charge is 0.342 e. The maximum absolute atomic E-state index is 13.2. The van der Waals surface area contributed by atoms with E-state index in [9.17, 15) is 9.59 Å². The molecule has 0 saturated carbocycles. The van der Waals surface area contributed by atoms with Gasteiger partial charge in [0.1, 0.15) is 5.00 Å². The monoisotopic (exact) mass is 385 g/mol. The van der Waals surface area contributed by atoms with Crippen molar-refractivity contribution in [3.63, 3.8) is 0 Å². The Morgan fingerprint density at radius 3 is 2.19 bits per heavy atom. The van der Waals surface area contributed by atoms with E-state index < -0.39 is 0 Å². The van der Waals surface area contributed by atoms with Crippen LogP contribution in [0.1, 0.15) is 47.4 Å². The van der Waals surface area contributed by atoms with Gasteiger partial charge in [-0.25, -0.2) is 0 Å². The van der Waals surface area contributed by atoms with Crippen LogP contribution in [0.2, 0.25) is 0 Å². The van der Waals surface area contributed by atoms with Crippen molar-refractivity contribution in [2.75, 3.05) is 26.2 Å². The predicted molar refractivity (Wildman–Crippen MR) is 108 cm³/mol. The lowest BCUT2D eigenvalue weighted by atomic mass is 9.95. The highest BCUT2D eigenvalue weighted by molar-refractivity contribution is 7.13. The van der Waals surface area contributed by atoms with Crippen LogP contribution < -0.4 is 0 Å². The molecule has 2 aliphatic rings. The standard InChI is InChI=1S/C21H27N3O2S/c1-15-5-6-16(2)24(15)21-18(9-14-27-21)20(26)23-12-7-17(8-13-23)19(25)22-10-3-4-11-22/h5-6,9,14,17H,3-4,7-8,10-13H2,1-2H3. The fourth-order valence-corrected chi connectivity index (χ4v) is 5.33. The molecule has 2 saturated heterocycles. The molecule has 0 atom stereocenters. The maximum atomic E-state index is 13.2. The lowest BCUT2D eigenvalue weighted by Gasteiger charge is -2.33. The number of carbonyl (C=O) groups excluding carboxylic acids is 2. The molecule has 2 aliphatic heterocycles. The third kappa shape index (κ3) is 3.43. The highest BCUT2D eigenvalue weighted by Crippen LogP contribution is 2.29. The number of aryl methyl sites for hydroxylation is 2. The normalized spacial score (nSPS) is 18.3. The molecule has 0 bridgehead atoms. The average molecular weight is 386 g/mol. The molecule has 0 radical (unpaired) electrons. The Hall–Kier alpha value is -2.08. The lowest BCUT2D eigenvalue weighted by Crippen LogP contribution is -2.43. The number of likely N-dealkylation sites (tertiary alicyclic amines) is 2. The summed E-state index contributed by atoms with van der Waals surface area (Å²) in [5, 5.41) is 2.99. The molecule has 0 unspecified atom stereocenters. The third-order valence-electron chi connectivity index (χ3n) is 5.90. The summed E-state index contributed by atoms with van der Waals surface area (Å²) >= 11 is 1.60. The van der Waals surface area contributed by atoms with Crippen LogP contribution >= 0.6 is 11.3 Å². The number of carbonyl (C=O) groups is 2. The Balaban J connectivity index is 1.45. The summed E-state index contributed by atoms with van der Waals surface area (Å²) in [6, 6.07) is 6.10. The first kappa shape index (κ1) is 18.3. The van der Waals surface area contributed by atoms with Crippen molar-refractivity contribution in [1.29, 1.82) is 0 Å². The van der Waals surface area contributed by atoms with Crippen molar-refractivity contribution < 1.29 is 9.59 Å². The third-order valence-corrected chi connectivity index (χ3v) is 6.80. The van der Waals surface area contributed by atoms with Gasteiger partial charge >= 0.3 is 0 Å². The van der Waals surface area contributed by atoms with Gasteiger partial charge in [0.2, 0.25) is 5.91 Å². The molecule has 4 heterocycles. The van der Waals surface area contributed by atoms with E-state index in [-0.39, 0.29) is 11.8 Å². The van der Waals surface area contributed by atoms with E-state index in [4.69, 9.17) is 0 Å². The summed E-state index contributed by atoms with van der Waals surface area (Å²) in [6.45, 7) is 7.29. The Kier molecular flexibility index (Phi) is 5.08. The molecule has 0 aliphatic carbocycles. The van der Waals surface area contributed by atoms with E-state index in [0.717, 1.165) is 60.7 Å². The SMILES string of the molecule is Cc1ccc(C)n1-c1sccc1C(=O)N1CCC(C(=O)N2CCCC2)CC1. The van der Waals surface area contributed by atoms with Gasteiger partial charge in [-0.05, 0) is 63.1 Å². The zero-order chi connectivity index (χ0) is 19.0. The van der Waals surface area contributed by atoms with Crippen molar-refractivity contribution in [1.82, 2.24) is 14.4 Å². The molecule has 2 aromatic rings. The van der Waals surface area contributed by atoms with Crippen LogP contribution in [0.25, 0.3) is 5.00 Å². The number of piperidine rings is 1. The van der Waals surface area contributed by atoms with E-state index in [0.29, 0.717) is 19.0 Å². The smallest absolute Gasteiger partial charge is 0.256 e. The number of thiophene rings is 1. The Bertz CT molecular complexity index is 820. The van der Waals surface area contributed by atoms with Crippen LogP contribution in [-0.2, 0) is 4.79 Å². The average Bonchev–Trinajstić information content (AvgIpc) is 3.42. The molecule has 27 heavy (non-hydrogen) atoms. The van der Waals surface area contributed by atoms with Gasteiger partial charge in [-0.2, -0.15) is 0 Å². The van der Waals surface area contributed by atoms with E-state index >= 15 is 0 Å². The van der Waals surface area contributed by atoms with Gasteiger partial charge in [-0.3, -0.25) is 9.59 Å². The van der Waals surface area contributed by atoms with E-state index in [1.807, 2.05) is 21.2 Å². The Morgan fingerprint density at radius 1 is 0.926 bits per heavy atom. The van der Waals surface area contributed by atoms with Crippen molar-refractivity contribution >= 4 is 23.2 Å². The molecular weight excluding hydrogens is 358 g/mol. The summed E-state index contributed by atoms with van der Waals surface area (Å²) in [5.41, 5.74) is 3.05. The van der Waals surface area contributed by atoms with Gasteiger partial charge in [-0.15, -0.1) is 11.3 Å². The number of hydrogen-bond donors (Lipinski definition) is 0. The quantitative estimate of drug-likeness (QED) is 0.810. The van der Waals surface area contributed by atoms with Crippen molar-refractivity contribution in [3.8, 4) is 5.00 Å². The fraction of sp³-hybridized carbons (Fsp3) is 0.524. The second kappa shape index (κ2) is 7.50. The zero-order valence-corrected chi connectivity index (χ0v) is 16.9. The van der Waals surface area contributed by atoms with Crippen LogP contribution in [0.15, 0.2) is 23.6 Å². The number of hydrogen-bond acceptors (Lipinski definition) is 3. The highest BCUT2D eigenvalue weighted by atomic mass is 32.1. The van der Waals surface area contributed by atoms with Crippen molar-refractivity contribution in [2.45, 2.75) is 39.5 Å². The van der Waals surface area contributed by atoms with Crippen molar-refractivity contribution in [2.24, 2.45) is 5.92 Å². The first-order valence-corrected chi connectivity index (χ1v) is 10.7. The minimum atomic E-state index is 0.0861. The van der Waals surface area contributed by atoms with Crippen molar-refractivity contribution in [3.05, 3.63) is 40.5 Å². The minimum absolute atomic E-state index is 0.0861. The summed E-state index contributed by atoms with van der Waals surface area (Å²) in [7, 11) is 0. The molecule has 2 fully saturated rings. The molecule has 144 valence electrons. The van der Waals surface area contributed by atoms with Gasteiger partial charge in [0.05, 0.1) is 5.56 Å². The molecule has 5 nitrogen and oxygen atoms in total. The van der Waals surface area contributed by atoms with Crippen LogP contribution in [-0.4, -0.2) is 52.4 Å². The Labute approximate surface area is 164 Å². The van der Waals surface area contributed by atoms with E-state index in [1.165, 1.54) is 0 Å². The second-order valence-electron chi connectivity index (χ2n) is 7.69. The first-order valence-electron chi connectivity index (χ1n) is 9.87. The lowest BCUT2D eigenvalue weighted by molar-refractivity contribution is -0.135. The van der Waals surface area contributed by atoms with Gasteiger partial charge in [-0.1, -0.05) is 0 Å². The van der Waals surface area contributed by atoms with Gasteiger partial charge in [0, 0.05) is 43.5 Å². The number of rotatable bonds is 3. The van der Waals surface area contributed by atoms with Gasteiger partial charge < -0.3 is 14.4 Å². The summed E-state index contributed by atoms with van der Waals surface area (Å²) in [4.78, 5) is 29.7. The second-order valence-corrected chi connectivity index (χ2v) is 8.58. The number of aromatic nitrogens is 1. The Morgan fingerprint density at radius 2 is 1.56 bits per heavy atom. The molecule has 4 rings (SSSR count). The van der Waals surface area contributed by atoms with Crippen LogP contribution in [0.3, 0.4) is 0 Å². The number of amides is 2. The first-order chi connectivity index (χ1) is 13.1. The van der Waals surface area contributed by atoms with Crippen LogP contribution in [0.5, 0.6) is 0 Å². The molecule has 0 spiro atoms. The van der Waals surface area contributed by atoms with E-state index in [2.05, 4.69) is 30.5 Å². The topological polar surface area (TPSA) is 45.6 Å². The summed E-state index contributed by atoms with van der Waals surface area (Å²) < 4.78 is 2.15. The molecular formula is C21H27N3O2S. The van der Waals surface area contributed by atoms with Crippen LogP contribution in [0.4, 0.5) is 0 Å².